The summed E-state index contributed by atoms with van der Waals surface area (Å²) in [4.78, 5) is 19.4. The molecule has 1 aliphatic carbocycles. The van der Waals surface area contributed by atoms with E-state index in [1.807, 2.05) is 85.8 Å². The molecule has 5 aromatic rings. The number of carbonyl (C=O) groups excluding carboxylic acids is 1. The van der Waals surface area contributed by atoms with Gasteiger partial charge in [-0.05, 0) is 30.2 Å². The van der Waals surface area contributed by atoms with E-state index in [1.165, 1.54) is 0 Å². The van der Waals surface area contributed by atoms with Crippen LogP contribution in [0.1, 0.15) is 33.4 Å². The molecule has 40 heavy (non-hydrogen) atoms. The van der Waals surface area contributed by atoms with Crippen LogP contribution in [-0.4, -0.2) is 16.6 Å². The van der Waals surface area contributed by atoms with Gasteiger partial charge in [0.25, 0.3) is 5.79 Å². The van der Waals surface area contributed by atoms with Crippen LogP contribution in [0.25, 0.3) is 22.5 Å². The van der Waals surface area contributed by atoms with E-state index < -0.39 is 11.6 Å². The Kier molecular flexibility index (Phi) is 5.58. The van der Waals surface area contributed by atoms with Gasteiger partial charge in [0.15, 0.2) is 0 Å². The molecule has 0 bridgehead atoms. The van der Waals surface area contributed by atoms with Crippen LogP contribution in [0.15, 0.2) is 132 Å². The third-order valence-corrected chi connectivity index (χ3v) is 7.52. The fourth-order valence-corrected chi connectivity index (χ4v) is 5.59. The van der Waals surface area contributed by atoms with Gasteiger partial charge in [-0.3, -0.25) is 4.79 Å². The topological polar surface area (TPSA) is 58.9 Å². The molecule has 1 atom stereocenters. The first-order valence-corrected chi connectivity index (χ1v) is 13.2. The number of aliphatic hydroxyl groups is 1. The van der Waals surface area contributed by atoms with Gasteiger partial charge in [0.05, 0.1) is 17.0 Å². The number of aliphatic imine (C=N–C) groups is 1. The largest absolute Gasteiger partial charge is 0.449 e. The summed E-state index contributed by atoms with van der Waals surface area (Å²) in [6.07, 6.45) is 0. The van der Waals surface area contributed by atoms with Crippen molar-refractivity contribution in [2.24, 2.45) is 4.99 Å². The molecule has 192 valence electrons. The first kappa shape index (κ1) is 24.0. The lowest BCUT2D eigenvalue weighted by atomic mass is 9.91. The Labute approximate surface area is 232 Å². The lowest BCUT2D eigenvalue weighted by Gasteiger charge is -2.22. The second kappa shape index (κ2) is 9.30. The minimum absolute atomic E-state index is 0.306. The minimum Gasteiger partial charge on any atom is -0.449 e. The number of nitrogens with zero attached hydrogens (tertiary/aromatic N) is 1. The highest BCUT2D eigenvalue weighted by molar-refractivity contribution is 6.33. The van der Waals surface area contributed by atoms with Crippen molar-refractivity contribution in [3.63, 3.8) is 0 Å². The van der Waals surface area contributed by atoms with E-state index in [9.17, 15) is 9.90 Å². The number of carbonyl (C=O) groups is 1. The first-order chi connectivity index (χ1) is 19.5. The molecule has 0 unspecified atom stereocenters. The maximum absolute atomic E-state index is 14.2. The Morgan fingerprint density at radius 1 is 0.650 bits per heavy atom. The molecule has 1 N–H and O–H groups in total. The van der Waals surface area contributed by atoms with Crippen molar-refractivity contribution in [3.05, 3.63) is 161 Å². The molecule has 0 fully saturated rings. The van der Waals surface area contributed by atoms with Crippen LogP contribution in [0.5, 0.6) is 0 Å². The van der Waals surface area contributed by atoms with Crippen LogP contribution >= 0.6 is 0 Å². The van der Waals surface area contributed by atoms with Crippen molar-refractivity contribution in [1.82, 2.24) is 0 Å². The lowest BCUT2D eigenvalue weighted by molar-refractivity contribution is -0.173. The smallest absolute Gasteiger partial charge is 0.300 e. The van der Waals surface area contributed by atoms with Crippen LogP contribution in [0, 0.1) is 6.92 Å². The Hall–Kier alpha value is -5.06. The molecule has 4 nitrogen and oxygen atoms in total. The fourth-order valence-electron chi connectivity index (χ4n) is 5.59. The number of rotatable bonds is 4. The van der Waals surface area contributed by atoms with Gasteiger partial charge in [-0.1, -0.05) is 121 Å². The van der Waals surface area contributed by atoms with Crippen molar-refractivity contribution in [1.29, 1.82) is 0 Å². The average molecular weight is 520 g/mol. The molecule has 0 saturated heterocycles. The SMILES string of the molecule is Cc1ccc(N=C2c3ccccc3-c3ccccc32)c(C2=C(c3ccccc3)O[C@](O)(c3ccccc3)C2=O)c1. The number of ether oxygens (including phenoxy) is 1. The number of Topliss-reactive ketones (excluding diaryl/α,β-unsaturated/α-hetero) is 1. The Morgan fingerprint density at radius 2 is 1.20 bits per heavy atom. The van der Waals surface area contributed by atoms with Gasteiger partial charge in [0, 0.05) is 27.8 Å². The van der Waals surface area contributed by atoms with E-state index in [-0.39, 0.29) is 0 Å². The third-order valence-electron chi connectivity index (χ3n) is 7.52. The molecule has 0 aromatic heterocycles. The zero-order valence-corrected chi connectivity index (χ0v) is 21.8. The number of aryl methyl sites for hydroxylation is 1. The van der Waals surface area contributed by atoms with Gasteiger partial charge in [-0.15, -0.1) is 0 Å². The van der Waals surface area contributed by atoms with E-state index in [0.717, 1.165) is 33.5 Å². The molecule has 0 saturated carbocycles. The Balaban J connectivity index is 1.47. The van der Waals surface area contributed by atoms with E-state index >= 15 is 0 Å². The predicted octanol–water partition coefficient (Wildman–Crippen LogP) is 7.46. The number of fused-ring (bicyclic) bond motifs is 3. The molecular weight excluding hydrogens is 494 g/mol. The van der Waals surface area contributed by atoms with E-state index in [4.69, 9.17) is 9.73 Å². The summed E-state index contributed by atoms with van der Waals surface area (Å²) in [6, 6.07) is 40.6. The zero-order valence-electron chi connectivity index (χ0n) is 21.8. The maximum Gasteiger partial charge on any atom is 0.300 e. The van der Waals surface area contributed by atoms with E-state index in [1.54, 1.807) is 24.3 Å². The maximum atomic E-state index is 14.2. The molecule has 4 heteroatoms. The summed E-state index contributed by atoms with van der Waals surface area (Å²) in [5.74, 6) is -2.34. The monoisotopic (exact) mass is 519 g/mol. The third kappa shape index (κ3) is 3.73. The van der Waals surface area contributed by atoms with Crippen molar-refractivity contribution < 1.29 is 14.6 Å². The standard InChI is InChI=1S/C36H25NO3/c1-23-20-21-31(37-33-28-18-10-8-16-26(28)27-17-9-11-19-29(27)33)30(22-23)32-34(24-12-4-2-5-13-24)40-36(39,35(32)38)25-14-6-3-7-15-25/h2-22,39H,1H3/t36-/m1/s1. The molecule has 0 radical (unpaired) electrons. The molecule has 0 spiro atoms. The van der Waals surface area contributed by atoms with E-state index in [2.05, 4.69) is 24.3 Å². The van der Waals surface area contributed by atoms with Gasteiger partial charge in [-0.2, -0.15) is 0 Å². The number of hydrogen-bond acceptors (Lipinski definition) is 4. The Bertz CT molecular complexity index is 1810. The van der Waals surface area contributed by atoms with Gasteiger partial charge < -0.3 is 9.84 Å². The molecular formula is C36H25NO3. The number of benzene rings is 5. The molecule has 7 rings (SSSR count). The molecule has 1 heterocycles. The van der Waals surface area contributed by atoms with Gasteiger partial charge in [-0.25, -0.2) is 4.99 Å². The molecule has 0 amide bonds. The summed E-state index contributed by atoms with van der Waals surface area (Å²) < 4.78 is 6.21. The van der Waals surface area contributed by atoms with Crippen LogP contribution in [0.4, 0.5) is 5.69 Å². The highest BCUT2D eigenvalue weighted by Gasteiger charge is 2.51. The van der Waals surface area contributed by atoms with Crippen LogP contribution in [0.2, 0.25) is 0 Å². The van der Waals surface area contributed by atoms with Gasteiger partial charge in [0.1, 0.15) is 5.76 Å². The summed E-state index contributed by atoms with van der Waals surface area (Å²) in [5.41, 5.74) is 8.80. The van der Waals surface area contributed by atoms with E-state index in [0.29, 0.717) is 33.7 Å². The van der Waals surface area contributed by atoms with Crippen molar-refractivity contribution in [2.45, 2.75) is 12.7 Å². The summed E-state index contributed by atoms with van der Waals surface area (Å²) in [5, 5.41) is 11.8. The summed E-state index contributed by atoms with van der Waals surface area (Å²) >= 11 is 0. The highest BCUT2D eigenvalue weighted by atomic mass is 16.6. The fraction of sp³-hybridized carbons (Fsp3) is 0.0556. The Morgan fingerprint density at radius 3 is 1.82 bits per heavy atom. The summed E-state index contributed by atoms with van der Waals surface area (Å²) in [6.45, 7) is 1.98. The lowest BCUT2D eigenvalue weighted by Crippen LogP contribution is -2.34. The van der Waals surface area contributed by atoms with Crippen molar-refractivity contribution >= 4 is 28.5 Å². The van der Waals surface area contributed by atoms with Gasteiger partial charge >= 0.3 is 0 Å². The quantitative estimate of drug-likeness (QED) is 0.263. The van der Waals surface area contributed by atoms with Crippen molar-refractivity contribution in [3.8, 4) is 11.1 Å². The van der Waals surface area contributed by atoms with Gasteiger partial charge in [0.2, 0.25) is 5.78 Å². The number of ketones is 1. The molecule has 1 aliphatic heterocycles. The first-order valence-electron chi connectivity index (χ1n) is 13.2. The average Bonchev–Trinajstić information content (AvgIpc) is 3.47. The van der Waals surface area contributed by atoms with Crippen LogP contribution in [-0.2, 0) is 15.3 Å². The van der Waals surface area contributed by atoms with Crippen LogP contribution in [0.3, 0.4) is 0 Å². The highest BCUT2D eigenvalue weighted by Crippen LogP contribution is 2.48. The number of hydrogen-bond donors (Lipinski definition) is 1. The van der Waals surface area contributed by atoms with Crippen molar-refractivity contribution in [2.75, 3.05) is 0 Å². The molecule has 5 aromatic carbocycles. The predicted molar refractivity (Wildman–Crippen MR) is 158 cm³/mol. The second-order valence-electron chi connectivity index (χ2n) is 10.1. The summed E-state index contributed by atoms with van der Waals surface area (Å²) in [7, 11) is 0. The second-order valence-corrected chi connectivity index (χ2v) is 10.1. The minimum atomic E-state index is -2.15. The molecule has 2 aliphatic rings. The van der Waals surface area contributed by atoms with Crippen LogP contribution < -0.4 is 0 Å². The normalized spacial score (nSPS) is 17.4. The zero-order chi connectivity index (χ0) is 27.3.